The predicted octanol–water partition coefficient (Wildman–Crippen LogP) is 2.08. The summed E-state index contributed by atoms with van der Waals surface area (Å²) in [5.41, 5.74) is 0.134. The van der Waals surface area contributed by atoms with Crippen molar-refractivity contribution in [2.75, 3.05) is 6.54 Å². The highest BCUT2D eigenvalue weighted by atomic mass is 79.9. The Kier molecular flexibility index (Phi) is 3.66. The Balaban J connectivity index is 2.15. The molecule has 0 aliphatic heterocycles. The summed E-state index contributed by atoms with van der Waals surface area (Å²) in [5.74, 6) is 0. The van der Waals surface area contributed by atoms with Crippen LogP contribution in [0.3, 0.4) is 0 Å². The van der Waals surface area contributed by atoms with Gasteiger partial charge in [0.15, 0.2) is 0 Å². The summed E-state index contributed by atoms with van der Waals surface area (Å²) in [7, 11) is -3.47. The molecule has 0 unspecified atom stereocenters. The van der Waals surface area contributed by atoms with Crippen LogP contribution in [0.1, 0.15) is 24.6 Å². The van der Waals surface area contributed by atoms with Crippen molar-refractivity contribution in [3.05, 3.63) is 14.7 Å². The molecule has 4 nitrogen and oxygen atoms in total. The number of thiophene rings is 1. The molecule has 0 saturated heterocycles. The lowest BCUT2D eigenvalue weighted by atomic mass is 10.2. The second kappa shape index (κ2) is 4.62. The standard InChI is InChI=1S/C10H14BrNO3S2/c1-10(2-3-10)6-12-17(14,15)8-4-7(5-13)16-9(8)11/h4,12-13H,2-3,5-6H2,1H3. The van der Waals surface area contributed by atoms with E-state index in [1.165, 1.54) is 17.4 Å². The zero-order valence-electron chi connectivity index (χ0n) is 9.36. The third-order valence-electron chi connectivity index (χ3n) is 2.94. The number of sulfonamides is 1. The summed E-state index contributed by atoms with van der Waals surface area (Å²) >= 11 is 4.46. The Morgan fingerprint density at radius 2 is 2.24 bits per heavy atom. The van der Waals surface area contributed by atoms with Crippen molar-refractivity contribution in [3.8, 4) is 0 Å². The average molecular weight is 340 g/mol. The SMILES string of the molecule is CC1(CNS(=O)(=O)c2cc(CO)sc2Br)CC1. The lowest BCUT2D eigenvalue weighted by Crippen LogP contribution is -2.29. The van der Waals surface area contributed by atoms with Crippen molar-refractivity contribution in [2.24, 2.45) is 5.41 Å². The maximum Gasteiger partial charge on any atom is 0.242 e. The first-order chi connectivity index (χ1) is 7.86. The smallest absolute Gasteiger partial charge is 0.242 e. The van der Waals surface area contributed by atoms with E-state index >= 15 is 0 Å². The zero-order valence-corrected chi connectivity index (χ0v) is 12.6. The fourth-order valence-electron chi connectivity index (χ4n) is 1.40. The van der Waals surface area contributed by atoms with Crippen LogP contribution in [-0.2, 0) is 16.6 Å². The molecular weight excluding hydrogens is 326 g/mol. The van der Waals surface area contributed by atoms with Gasteiger partial charge in [0.1, 0.15) is 4.90 Å². The highest BCUT2D eigenvalue weighted by molar-refractivity contribution is 9.11. The minimum Gasteiger partial charge on any atom is -0.391 e. The molecule has 17 heavy (non-hydrogen) atoms. The molecule has 7 heteroatoms. The van der Waals surface area contributed by atoms with Crippen LogP contribution in [0.15, 0.2) is 14.7 Å². The Hall–Kier alpha value is 0.0500. The molecule has 0 spiro atoms. The molecule has 0 amide bonds. The number of aliphatic hydroxyl groups is 1. The van der Waals surface area contributed by atoms with Crippen LogP contribution < -0.4 is 4.72 Å². The van der Waals surface area contributed by atoms with E-state index in [4.69, 9.17) is 5.11 Å². The Morgan fingerprint density at radius 3 is 2.71 bits per heavy atom. The first-order valence-corrected chi connectivity index (χ1v) is 8.34. The van der Waals surface area contributed by atoms with Crippen LogP contribution in [0.4, 0.5) is 0 Å². The van der Waals surface area contributed by atoms with Crippen molar-refractivity contribution >= 4 is 37.3 Å². The highest BCUT2D eigenvalue weighted by Gasteiger charge is 2.38. The maximum atomic E-state index is 12.0. The summed E-state index contributed by atoms with van der Waals surface area (Å²) in [5, 5.41) is 8.98. The van der Waals surface area contributed by atoms with E-state index in [9.17, 15) is 8.42 Å². The molecule has 0 bridgehead atoms. The monoisotopic (exact) mass is 339 g/mol. The van der Waals surface area contributed by atoms with Crippen LogP contribution in [0.2, 0.25) is 0 Å². The zero-order chi connectivity index (χ0) is 12.7. The fourth-order valence-corrected chi connectivity index (χ4v) is 5.14. The van der Waals surface area contributed by atoms with Gasteiger partial charge in [-0.1, -0.05) is 6.92 Å². The number of nitrogens with one attached hydrogen (secondary N) is 1. The van der Waals surface area contributed by atoms with Crippen LogP contribution in [0, 0.1) is 5.41 Å². The highest BCUT2D eigenvalue weighted by Crippen LogP contribution is 2.44. The van der Waals surface area contributed by atoms with Crippen LogP contribution in [0.25, 0.3) is 0 Å². The molecule has 0 radical (unpaired) electrons. The van der Waals surface area contributed by atoms with E-state index in [1.807, 2.05) is 0 Å². The second-order valence-corrected chi connectivity index (χ2v) is 8.83. The molecule has 1 aromatic rings. The minimum absolute atomic E-state index is 0.134. The Bertz CT molecular complexity index is 520. The second-order valence-electron chi connectivity index (χ2n) is 4.64. The molecule has 1 heterocycles. The van der Waals surface area contributed by atoms with Gasteiger partial charge in [0.05, 0.1) is 10.4 Å². The van der Waals surface area contributed by atoms with Crippen molar-refractivity contribution in [3.63, 3.8) is 0 Å². The van der Waals surface area contributed by atoms with Crippen molar-refractivity contribution in [2.45, 2.75) is 31.3 Å². The fraction of sp³-hybridized carbons (Fsp3) is 0.600. The van der Waals surface area contributed by atoms with Crippen LogP contribution in [-0.4, -0.2) is 20.1 Å². The Labute approximate surface area is 113 Å². The molecule has 1 aromatic heterocycles. The van der Waals surface area contributed by atoms with E-state index in [0.717, 1.165) is 12.8 Å². The van der Waals surface area contributed by atoms with Gasteiger partial charge in [0, 0.05) is 11.4 Å². The largest absolute Gasteiger partial charge is 0.391 e. The molecule has 1 fully saturated rings. The number of hydrogen-bond donors (Lipinski definition) is 2. The molecule has 1 aliphatic carbocycles. The molecule has 2 rings (SSSR count). The van der Waals surface area contributed by atoms with E-state index in [1.54, 1.807) is 0 Å². The Morgan fingerprint density at radius 1 is 1.59 bits per heavy atom. The first-order valence-electron chi connectivity index (χ1n) is 5.25. The predicted molar refractivity (Wildman–Crippen MR) is 70.5 cm³/mol. The summed E-state index contributed by atoms with van der Waals surface area (Å²) in [4.78, 5) is 0.852. The quantitative estimate of drug-likeness (QED) is 0.863. The van der Waals surface area contributed by atoms with Gasteiger partial charge in [-0.15, -0.1) is 11.3 Å². The summed E-state index contributed by atoms with van der Waals surface area (Å²) in [6.07, 6.45) is 2.14. The van der Waals surface area contributed by atoms with E-state index < -0.39 is 10.0 Å². The van der Waals surface area contributed by atoms with Gasteiger partial charge in [0.2, 0.25) is 10.0 Å². The lowest BCUT2D eigenvalue weighted by molar-refractivity contribution is 0.285. The third-order valence-corrected chi connectivity index (χ3v) is 6.58. The minimum atomic E-state index is -3.47. The van der Waals surface area contributed by atoms with Gasteiger partial charge >= 0.3 is 0 Å². The van der Waals surface area contributed by atoms with Crippen molar-refractivity contribution in [1.82, 2.24) is 4.72 Å². The lowest BCUT2D eigenvalue weighted by Gasteiger charge is -2.10. The maximum absolute atomic E-state index is 12.0. The van der Waals surface area contributed by atoms with Gasteiger partial charge in [-0.3, -0.25) is 0 Å². The van der Waals surface area contributed by atoms with Gasteiger partial charge in [-0.2, -0.15) is 0 Å². The first kappa shape index (κ1) is 13.5. The third kappa shape index (κ3) is 3.08. The molecule has 1 saturated carbocycles. The van der Waals surface area contributed by atoms with E-state index in [2.05, 4.69) is 27.6 Å². The summed E-state index contributed by atoms with van der Waals surface area (Å²) in [6, 6.07) is 1.51. The number of hydrogen-bond acceptors (Lipinski definition) is 4. The van der Waals surface area contributed by atoms with E-state index in [-0.39, 0.29) is 16.9 Å². The van der Waals surface area contributed by atoms with Crippen molar-refractivity contribution < 1.29 is 13.5 Å². The van der Waals surface area contributed by atoms with Gasteiger partial charge in [0.25, 0.3) is 0 Å². The van der Waals surface area contributed by atoms with Gasteiger partial charge in [-0.25, -0.2) is 13.1 Å². The molecule has 2 N–H and O–H groups in total. The molecule has 96 valence electrons. The number of aliphatic hydroxyl groups excluding tert-OH is 1. The summed E-state index contributed by atoms with van der Waals surface area (Å²) < 4.78 is 27.2. The summed E-state index contributed by atoms with van der Waals surface area (Å²) in [6.45, 7) is 2.40. The normalized spacial score (nSPS) is 18.3. The van der Waals surface area contributed by atoms with Gasteiger partial charge in [-0.05, 0) is 40.3 Å². The number of halogens is 1. The molecule has 0 aromatic carbocycles. The van der Waals surface area contributed by atoms with E-state index in [0.29, 0.717) is 15.2 Å². The molecule has 1 aliphatic rings. The van der Waals surface area contributed by atoms with Crippen LogP contribution in [0.5, 0.6) is 0 Å². The molecule has 0 atom stereocenters. The topological polar surface area (TPSA) is 66.4 Å². The number of rotatable bonds is 5. The molecular formula is C10H14BrNO3S2. The van der Waals surface area contributed by atoms with Crippen molar-refractivity contribution in [1.29, 1.82) is 0 Å². The van der Waals surface area contributed by atoms with Crippen LogP contribution >= 0.6 is 27.3 Å². The average Bonchev–Trinajstić information content (AvgIpc) is 2.87. The van der Waals surface area contributed by atoms with Gasteiger partial charge < -0.3 is 5.11 Å².